The number of rotatable bonds is 8. The van der Waals surface area contributed by atoms with Gasteiger partial charge in [0.15, 0.2) is 0 Å². The molecule has 0 saturated carbocycles. The van der Waals surface area contributed by atoms with Crippen LogP contribution in [0, 0.1) is 0 Å². The van der Waals surface area contributed by atoms with Crippen LogP contribution < -0.4 is 11.2 Å². The highest BCUT2D eigenvalue weighted by atomic mass is 15.4. The summed E-state index contributed by atoms with van der Waals surface area (Å²) in [6.45, 7) is 16.7. The number of hydrazine groups is 1. The summed E-state index contributed by atoms with van der Waals surface area (Å²) in [5.41, 5.74) is 0. The van der Waals surface area contributed by atoms with Gasteiger partial charge in [-0.15, -0.1) is 0 Å². The molecule has 0 aromatic carbocycles. The zero-order valence-corrected chi connectivity index (χ0v) is 13.2. The van der Waals surface area contributed by atoms with Gasteiger partial charge in [0.25, 0.3) is 0 Å². The second-order valence-corrected chi connectivity index (χ2v) is 3.79. The topological polar surface area (TPSA) is 41.3 Å². The molecule has 0 radical (unpaired) electrons. The summed E-state index contributed by atoms with van der Waals surface area (Å²) in [4.78, 5) is 0. The van der Waals surface area contributed by atoms with Gasteiger partial charge >= 0.3 is 0 Å². The van der Waals surface area contributed by atoms with Gasteiger partial charge in [-0.3, -0.25) is 5.84 Å². The smallest absolute Gasteiger partial charge is 0.0253 e. The zero-order chi connectivity index (χ0) is 13.9. The molecule has 3 heteroatoms. The van der Waals surface area contributed by atoms with E-state index in [1.807, 2.05) is 18.9 Å². The zero-order valence-electron chi connectivity index (χ0n) is 13.2. The molecule has 0 aromatic rings. The molecule has 0 bridgehead atoms. The number of nitrogens with one attached hydrogen (secondary N) is 1. The standard InChI is InChI=1S/C8H21N3.C4H10.C2H6/c1-3-5-10-6-8-11(9)7-4-2;1-3-4-2;1-2/h10H,3-9H2,1-2H3;3-4H2,1-2H3;1-2H3. The van der Waals surface area contributed by atoms with Crippen molar-refractivity contribution in [2.24, 2.45) is 5.84 Å². The van der Waals surface area contributed by atoms with Crippen LogP contribution in [0.3, 0.4) is 0 Å². The molecule has 17 heavy (non-hydrogen) atoms. The summed E-state index contributed by atoms with van der Waals surface area (Å²) >= 11 is 0. The van der Waals surface area contributed by atoms with Gasteiger partial charge in [-0.25, -0.2) is 5.01 Å². The molecule has 3 nitrogen and oxygen atoms in total. The third-order valence-electron chi connectivity index (χ3n) is 2.01. The minimum Gasteiger partial charge on any atom is -0.315 e. The average molecular weight is 247 g/mol. The lowest BCUT2D eigenvalue weighted by Crippen LogP contribution is -2.37. The lowest BCUT2D eigenvalue weighted by atomic mass is 10.4. The van der Waals surface area contributed by atoms with Gasteiger partial charge in [0, 0.05) is 19.6 Å². The van der Waals surface area contributed by atoms with Gasteiger partial charge in [0.05, 0.1) is 0 Å². The molecule has 108 valence electrons. The number of hydrogen-bond donors (Lipinski definition) is 2. The third-order valence-corrected chi connectivity index (χ3v) is 2.01. The lowest BCUT2D eigenvalue weighted by molar-refractivity contribution is 0.283. The highest BCUT2D eigenvalue weighted by Crippen LogP contribution is 1.80. The Hall–Kier alpha value is -0.120. The molecule has 0 aliphatic rings. The predicted octanol–water partition coefficient (Wildman–Crippen LogP) is 3.40. The van der Waals surface area contributed by atoms with E-state index in [9.17, 15) is 0 Å². The van der Waals surface area contributed by atoms with Gasteiger partial charge < -0.3 is 5.32 Å². The van der Waals surface area contributed by atoms with E-state index in [2.05, 4.69) is 33.0 Å². The van der Waals surface area contributed by atoms with Crippen molar-refractivity contribution in [2.75, 3.05) is 26.2 Å². The van der Waals surface area contributed by atoms with E-state index in [-0.39, 0.29) is 0 Å². The minimum atomic E-state index is 0.952. The van der Waals surface area contributed by atoms with Crippen LogP contribution in [-0.2, 0) is 0 Å². The summed E-state index contributed by atoms with van der Waals surface area (Å²) in [6.07, 6.45) is 4.96. The second kappa shape index (κ2) is 24.9. The van der Waals surface area contributed by atoms with E-state index < -0.39 is 0 Å². The third kappa shape index (κ3) is 31.3. The number of nitrogens with two attached hydrogens (primary N) is 1. The van der Waals surface area contributed by atoms with Crippen molar-refractivity contribution < 1.29 is 0 Å². The monoisotopic (exact) mass is 247 g/mol. The Kier molecular flexibility index (Phi) is 32.4. The Morgan fingerprint density at radius 2 is 1.29 bits per heavy atom. The van der Waals surface area contributed by atoms with Crippen molar-refractivity contribution in [1.29, 1.82) is 0 Å². The van der Waals surface area contributed by atoms with Gasteiger partial charge in [-0.2, -0.15) is 0 Å². The van der Waals surface area contributed by atoms with Crippen molar-refractivity contribution in [3.05, 3.63) is 0 Å². The highest BCUT2D eigenvalue weighted by molar-refractivity contribution is 4.51. The van der Waals surface area contributed by atoms with E-state index in [4.69, 9.17) is 5.84 Å². The molecule has 0 rings (SSSR count). The van der Waals surface area contributed by atoms with Crippen LogP contribution in [0.1, 0.15) is 67.2 Å². The molecule has 0 saturated heterocycles. The normalized spacial score (nSPS) is 9.18. The van der Waals surface area contributed by atoms with Crippen molar-refractivity contribution in [3.8, 4) is 0 Å². The fourth-order valence-electron chi connectivity index (χ4n) is 0.923. The number of unbranched alkanes of at least 4 members (excludes halogenated alkanes) is 1. The molecule has 0 aliphatic carbocycles. The van der Waals surface area contributed by atoms with E-state index in [1.165, 1.54) is 19.3 Å². The Balaban J connectivity index is -0.000000275. The molecule has 0 amide bonds. The van der Waals surface area contributed by atoms with Crippen LogP contribution in [0.25, 0.3) is 0 Å². The molecule has 0 heterocycles. The average Bonchev–Trinajstić information content (AvgIpc) is 2.38. The van der Waals surface area contributed by atoms with Crippen LogP contribution in [0.5, 0.6) is 0 Å². The molecular weight excluding hydrogens is 210 g/mol. The molecule has 0 fully saturated rings. The van der Waals surface area contributed by atoms with Gasteiger partial charge in [0.2, 0.25) is 0 Å². The fraction of sp³-hybridized carbons (Fsp3) is 1.00. The summed E-state index contributed by atoms with van der Waals surface area (Å²) < 4.78 is 0. The van der Waals surface area contributed by atoms with E-state index in [0.29, 0.717) is 0 Å². The quantitative estimate of drug-likeness (QED) is 0.392. The van der Waals surface area contributed by atoms with Gasteiger partial charge in [-0.1, -0.05) is 54.4 Å². The van der Waals surface area contributed by atoms with Crippen LogP contribution in [0.2, 0.25) is 0 Å². The molecule has 0 atom stereocenters. The molecule has 0 aromatic heterocycles. The van der Waals surface area contributed by atoms with Crippen LogP contribution in [0.4, 0.5) is 0 Å². The van der Waals surface area contributed by atoms with Gasteiger partial charge in [0.1, 0.15) is 0 Å². The summed E-state index contributed by atoms with van der Waals surface area (Å²) in [7, 11) is 0. The van der Waals surface area contributed by atoms with Crippen LogP contribution >= 0.6 is 0 Å². The minimum absolute atomic E-state index is 0.952. The van der Waals surface area contributed by atoms with Crippen molar-refractivity contribution in [2.45, 2.75) is 67.2 Å². The molecule has 3 N–H and O–H groups in total. The van der Waals surface area contributed by atoms with Crippen LogP contribution in [-0.4, -0.2) is 31.2 Å². The first kappa shape index (κ1) is 22.1. The molecule has 0 aliphatic heterocycles. The maximum Gasteiger partial charge on any atom is 0.0253 e. The Labute approximate surface area is 110 Å². The maximum atomic E-state index is 5.66. The first-order chi connectivity index (χ1) is 8.22. The molecule has 0 spiro atoms. The largest absolute Gasteiger partial charge is 0.315 e. The summed E-state index contributed by atoms with van der Waals surface area (Å²) in [5, 5.41) is 5.17. The number of nitrogens with zero attached hydrogens (tertiary/aromatic N) is 1. The second-order valence-electron chi connectivity index (χ2n) is 3.79. The fourth-order valence-corrected chi connectivity index (χ4v) is 0.923. The van der Waals surface area contributed by atoms with Crippen LogP contribution in [0.15, 0.2) is 0 Å². The molecule has 0 unspecified atom stereocenters. The van der Waals surface area contributed by atoms with Gasteiger partial charge in [-0.05, 0) is 19.4 Å². The first-order valence-electron chi connectivity index (χ1n) is 7.43. The van der Waals surface area contributed by atoms with E-state index >= 15 is 0 Å². The highest BCUT2D eigenvalue weighted by Gasteiger charge is 1.94. The summed E-state index contributed by atoms with van der Waals surface area (Å²) in [5.74, 6) is 5.66. The van der Waals surface area contributed by atoms with E-state index in [1.54, 1.807) is 0 Å². The molecular formula is C14H37N3. The lowest BCUT2D eigenvalue weighted by Gasteiger charge is -2.14. The summed E-state index contributed by atoms with van der Waals surface area (Å²) in [6, 6.07) is 0. The SMILES string of the molecule is CC.CCCC.CCCNCCN(N)CCC. The first-order valence-corrected chi connectivity index (χ1v) is 7.43. The predicted molar refractivity (Wildman–Crippen MR) is 81.1 cm³/mol. The Morgan fingerprint density at radius 3 is 1.65 bits per heavy atom. The Bertz CT molecular complexity index is 95.5. The van der Waals surface area contributed by atoms with Crippen molar-refractivity contribution >= 4 is 0 Å². The van der Waals surface area contributed by atoms with Crippen molar-refractivity contribution in [3.63, 3.8) is 0 Å². The maximum absolute atomic E-state index is 5.66. The van der Waals surface area contributed by atoms with Crippen molar-refractivity contribution in [1.82, 2.24) is 10.3 Å². The van der Waals surface area contributed by atoms with E-state index in [0.717, 1.165) is 32.6 Å². The Morgan fingerprint density at radius 1 is 0.765 bits per heavy atom. The number of hydrogen-bond acceptors (Lipinski definition) is 3.